The van der Waals surface area contributed by atoms with Gasteiger partial charge in [-0.1, -0.05) is 0 Å². The number of anilines is 3. The molecule has 2 heterocycles. The van der Waals surface area contributed by atoms with Crippen LogP contribution in [-0.4, -0.2) is 29.0 Å². The van der Waals surface area contributed by atoms with Crippen LogP contribution >= 0.6 is 0 Å². The van der Waals surface area contributed by atoms with Gasteiger partial charge in [-0.2, -0.15) is 0 Å². The summed E-state index contributed by atoms with van der Waals surface area (Å²) in [6, 6.07) is 11.5. The van der Waals surface area contributed by atoms with E-state index in [2.05, 4.69) is 39.3 Å². The van der Waals surface area contributed by atoms with Crippen molar-refractivity contribution in [3.63, 3.8) is 0 Å². The number of rotatable bonds is 8. The molecule has 7 heteroatoms. The van der Waals surface area contributed by atoms with Crippen LogP contribution in [0.5, 0.6) is 0 Å². The van der Waals surface area contributed by atoms with Crippen molar-refractivity contribution in [2.45, 2.75) is 20.4 Å². The SMILES string of the molecule is CCN(CC)c1ccc(NC(=O)c2cnc(NCc3ccco3)cn2)cc1. The van der Waals surface area contributed by atoms with Crippen molar-refractivity contribution in [3.05, 3.63) is 66.5 Å². The van der Waals surface area contributed by atoms with Crippen LogP contribution in [0.25, 0.3) is 0 Å². The van der Waals surface area contributed by atoms with Crippen molar-refractivity contribution in [2.75, 3.05) is 28.6 Å². The molecule has 27 heavy (non-hydrogen) atoms. The van der Waals surface area contributed by atoms with E-state index in [0.29, 0.717) is 12.4 Å². The summed E-state index contributed by atoms with van der Waals surface area (Å²) in [5.74, 6) is 1.08. The lowest BCUT2D eigenvalue weighted by Gasteiger charge is -2.21. The molecule has 140 valence electrons. The van der Waals surface area contributed by atoms with Gasteiger partial charge in [0.15, 0.2) is 0 Å². The molecular weight excluding hydrogens is 342 g/mol. The largest absolute Gasteiger partial charge is 0.467 e. The molecule has 0 aliphatic heterocycles. The van der Waals surface area contributed by atoms with E-state index in [1.165, 1.54) is 12.4 Å². The Morgan fingerprint density at radius 2 is 1.85 bits per heavy atom. The van der Waals surface area contributed by atoms with Crippen LogP contribution in [0, 0.1) is 0 Å². The Morgan fingerprint density at radius 1 is 1.07 bits per heavy atom. The summed E-state index contributed by atoms with van der Waals surface area (Å²) in [7, 11) is 0. The zero-order valence-corrected chi connectivity index (χ0v) is 15.5. The molecule has 0 bridgehead atoms. The number of nitrogens with zero attached hydrogens (tertiary/aromatic N) is 3. The molecule has 0 fully saturated rings. The Bertz CT molecular complexity index is 841. The van der Waals surface area contributed by atoms with Gasteiger partial charge < -0.3 is 20.0 Å². The second-order valence-corrected chi connectivity index (χ2v) is 5.89. The summed E-state index contributed by atoms with van der Waals surface area (Å²) >= 11 is 0. The number of hydrogen-bond donors (Lipinski definition) is 2. The van der Waals surface area contributed by atoms with Crippen LogP contribution in [0.1, 0.15) is 30.1 Å². The minimum Gasteiger partial charge on any atom is -0.467 e. The van der Waals surface area contributed by atoms with Crippen molar-refractivity contribution >= 4 is 23.1 Å². The Hall–Kier alpha value is -3.35. The average molecular weight is 365 g/mol. The number of hydrogen-bond acceptors (Lipinski definition) is 6. The van der Waals surface area contributed by atoms with Gasteiger partial charge in [0.05, 0.1) is 25.2 Å². The number of benzene rings is 1. The standard InChI is InChI=1S/C20H23N5O2/c1-3-25(4-2)16-9-7-15(8-10-16)24-20(26)18-13-23-19(14-21-18)22-12-17-6-5-11-27-17/h5-11,13-14H,3-4,12H2,1-2H3,(H,22,23)(H,24,26). The van der Waals surface area contributed by atoms with Gasteiger partial charge in [0, 0.05) is 24.5 Å². The maximum absolute atomic E-state index is 12.3. The van der Waals surface area contributed by atoms with E-state index < -0.39 is 0 Å². The second kappa shape index (κ2) is 8.84. The van der Waals surface area contributed by atoms with E-state index in [-0.39, 0.29) is 11.6 Å². The number of amides is 1. The highest BCUT2D eigenvalue weighted by molar-refractivity contribution is 6.02. The molecule has 0 unspecified atom stereocenters. The summed E-state index contributed by atoms with van der Waals surface area (Å²) in [6.07, 6.45) is 4.59. The van der Waals surface area contributed by atoms with Gasteiger partial charge in [-0.25, -0.2) is 9.97 Å². The fourth-order valence-corrected chi connectivity index (χ4v) is 2.67. The summed E-state index contributed by atoms with van der Waals surface area (Å²) in [4.78, 5) is 23.0. The average Bonchev–Trinajstić information content (AvgIpc) is 3.22. The highest BCUT2D eigenvalue weighted by Crippen LogP contribution is 2.18. The molecule has 7 nitrogen and oxygen atoms in total. The summed E-state index contributed by atoms with van der Waals surface area (Å²) < 4.78 is 5.24. The van der Waals surface area contributed by atoms with Gasteiger partial charge >= 0.3 is 0 Å². The lowest BCUT2D eigenvalue weighted by molar-refractivity contribution is 0.102. The Kier molecular flexibility index (Phi) is 6.04. The first-order valence-electron chi connectivity index (χ1n) is 8.94. The van der Waals surface area contributed by atoms with Crippen molar-refractivity contribution in [1.29, 1.82) is 0 Å². The zero-order chi connectivity index (χ0) is 19.1. The topological polar surface area (TPSA) is 83.3 Å². The van der Waals surface area contributed by atoms with E-state index in [9.17, 15) is 4.79 Å². The summed E-state index contributed by atoms with van der Waals surface area (Å²) in [6.45, 7) is 6.62. The summed E-state index contributed by atoms with van der Waals surface area (Å²) in [5, 5.41) is 5.93. The van der Waals surface area contributed by atoms with Gasteiger partial charge in [-0.05, 0) is 50.2 Å². The van der Waals surface area contributed by atoms with E-state index in [0.717, 1.165) is 30.2 Å². The lowest BCUT2D eigenvalue weighted by Crippen LogP contribution is -2.21. The van der Waals surface area contributed by atoms with Crippen molar-refractivity contribution in [1.82, 2.24) is 9.97 Å². The van der Waals surface area contributed by atoms with Crippen LogP contribution in [0.4, 0.5) is 17.2 Å². The van der Waals surface area contributed by atoms with Crippen LogP contribution in [0.15, 0.2) is 59.5 Å². The van der Waals surface area contributed by atoms with Crippen LogP contribution in [0.3, 0.4) is 0 Å². The van der Waals surface area contributed by atoms with Crippen LogP contribution in [0.2, 0.25) is 0 Å². The third-order valence-corrected chi connectivity index (χ3v) is 4.16. The highest BCUT2D eigenvalue weighted by Gasteiger charge is 2.09. The quantitative estimate of drug-likeness (QED) is 0.632. The monoisotopic (exact) mass is 365 g/mol. The molecule has 0 atom stereocenters. The third-order valence-electron chi connectivity index (χ3n) is 4.16. The minimum absolute atomic E-state index is 0.256. The molecule has 2 aromatic heterocycles. The van der Waals surface area contributed by atoms with Crippen molar-refractivity contribution in [2.24, 2.45) is 0 Å². The summed E-state index contributed by atoms with van der Waals surface area (Å²) in [5.41, 5.74) is 2.11. The predicted molar refractivity (Wildman–Crippen MR) is 106 cm³/mol. The maximum Gasteiger partial charge on any atom is 0.275 e. The number of furan rings is 1. The molecule has 1 aromatic carbocycles. The fourth-order valence-electron chi connectivity index (χ4n) is 2.67. The van der Waals surface area contributed by atoms with Gasteiger partial charge in [0.2, 0.25) is 0 Å². The fraction of sp³-hybridized carbons (Fsp3) is 0.250. The zero-order valence-electron chi connectivity index (χ0n) is 15.5. The molecule has 3 rings (SSSR count). The number of aromatic nitrogens is 2. The molecule has 0 saturated carbocycles. The van der Waals surface area contributed by atoms with Crippen molar-refractivity contribution < 1.29 is 9.21 Å². The van der Waals surface area contributed by atoms with Crippen molar-refractivity contribution in [3.8, 4) is 0 Å². The maximum atomic E-state index is 12.3. The molecule has 0 aliphatic carbocycles. The predicted octanol–water partition coefficient (Wildman–Crippen LogP) is 3.78. The minimum atomic E-state index is -0.296. The van der Waals surface area contributed by atoms with Gasteiger partial charge in [-0.15, -0.1) is 0 Å². The molecule has 0 aliphatic rings. The highest BCUT2D eigenvalue weighted by atomic mass is 16.3. The Morgan fingerprint density at radius 3 is 2.44 bits per heavy atom. The molecule has 2 N–H and O–H groups in total. The molecular formula is C20H23N5O2. The molecule has 0 spiro atoms. The van der Waals surface area contributed by atoms with E-state index in [1.807, 2.05) is 36.4 Å². The molecule has 0 saturated heterocycles. The first-order valence-corrected chi connectivity index (χ1v) is 8.94. The van der Waals surface area contributed by atoms with E-state index in [4.69, 9.17) is 4.42 Å². The normalized spacial score (nSPS) is 10.4. The first kappa shape index (κ1) is 18.4. The number of nitrogens with one attached hydrogen (secondary N) is 2. The van der Waals surface area contributed by atoms with Gasteiger partial charge in [0.1, 0.15) is 17.3 Å². The number of carbonyl (C=O) groups is 1. The number of carbonyl (C=O) groups excluding carboxylic acids is 1. The molecule has 1 amide bonds. The third kappa shape index (κ3) is 4.84. The Labute approximate surface area is 158 Å². The van der Waals surface area contributed by atoms with E-state index >= 15 is 0 Å². The second-order valence-electron chi connectivity index (χ2n) is 5.89. The Balaban J connectivity index is 1.57. The first-order chi connectivity index (χ1) is 13.2. The van der Waals surface area contributed by atoms with E-state index in [1.54, 1.807) is 6.26 Å². The smallest absolute Gasteiger partial charge is 0.275 e. The van der Waals surface area contributed by atoms with Gasteiger partial charge in [-0.3, -0.25) is 4.79 Å². The lowest BCUT2D eigenvalue weighted by atomic mass is 10.2. The molecule has 3 aromatic rings. The van der Waals surface area contributed by atoms with Crippen LogP contribution < -0.4 is 15.5 Å². The van der Waals surface area contributed by atoms with Crippen LogP contribution in [-0.2, 0) is 6.54 Å². The van der Waals surface area contributed by atoms with Gasteiger partial charge in [0.25, 0.3) is 5.91 Å². The molecule has 0 radical (unpaired) electrons.